The van der Waals surface area contributed by atoms with Gasteiger partial charge in [-0.2, -0.15) is 0 Å². The monoisotopic (exact) mass is 1970 g/mol. The summed E-state index contributed by atoms with van der Waals surface area (Å²) < 4.78 is 100. The minimum Gasteiger partial charge on any atom is -0.463 e. The fourth-order valence-electron chi connectivity index (χ4n) is 16.8. The second-order valence-corrected chi connectivity index (χ2v) is 33.1. The third kappa shape index (κ3) is 25.7. The molecule has 36 heteroatoms. The maximum atomic E-state index is 13.8. The fraction of sp³-hybridized carbons (Fsp3) is 0.396. The number of esters is 3. The number of aromatic nitrogens is 12. The average Bonchev–Trinajstić information content (AvgIpc) is 1.59. The summed E-state index contributed by atoms with van der Waals surface area (Å²) in [7, 11) is 0. The summed E-state index contributed by atoms with van der Waals surface area (Å²) in [6.07, 6.45) is -0.180. The number of alkyl halides is 1. The number of hydrogen-bond donors (Lipinski definition) is 3. The molecule has 4 aromatic heterocycles. The van der Waals surface area contributed by atoms with Crippen LogP contribution in [0.25, 0.3) is 77.0 Å². The molecule has 8 heterocycles. The molecule has 16 rings (SSSR count). The first kappa shape index (κ1) is 106. The van der Waals surface area contributed by atoms with Gasteiger partial charge in [0.1, 0.15) is 101 Å². The molecular weight excluding hydrogens is 1870 g/mol. The van der Waals surface area contributed by atoms with Gasteiger partial charge in [-0.1, -0.05) is 227 Å². The molecule has 4 aliphatic rings. The summed E-state index contributed by atoms with van der Waals surface area (Å²) in [5.41, 5.74) is 14.4. The van der Waals surface area contributed by atoms with Crippen LogP contribution < -0.4 is 0 Å². The van der Waals surface area contributed by atoms with Crippen molar-refractivity contribution >= 4 is 66.9 Å². The van der Waals surface area contributed by atoms with Crippen molar-refractivity contribution in [3.63, 3.8) is 0 Å². The normalized spacial score (nSPS) is 24.6. The Morgan fingerprint density at radius 2 is 0.735 bits per heavy atom. The summed E-state index contributed by atoms with van der Waals surface area (Å²) in [4.78, 5) is 63.2. The summed E-state index contributed by atoms with van der Waals surface area (Å²) >= 11 is 3.55. The number of ether oxygens (including phenoxy) is 7. The van der Waals surface area contributed by atoms with Gasteiger partial charge in [-0.05, 0) is 87.7 Å². The van der Waals surface area contributed by atoms with Crippen molar-refractivity contribution in [1.82, 2.24) is 60.0 Å². The van der Waals surface area contributed by atoms with Crippen LogP contribution >= 0.6 is 15.9 Å². The molecule has 20 atom stereocenters. The minimum absolute atomic E-state index is 0. The van der Waals surface area contributed by atoms with E-state index in [1.54, 1.807) is 81.0 Å². The molecule has 0 amide bonds. The topological polar surface area (TPSA) is 382 Å². The molecule has 8 aromatic carbocycles. The molecule has 0 saturated carbocycles. The van der Waals surface area contributed by atoms with Crippen molar-refractivity contribution in [3.8, 4) is 45.0 Å². The molecule has 4 saturated heterocycles. The van der Waals surface area contributed by atoms with Crippen LogP contribution in [0.4, 0.5) is 17.6 Å². The number of aliphatic hydroxyl groups is 3. The van der Waals surface area contributed by atoms with E-state index in [2.05, 4.69) is 74.1 Å². The van der Waals surface area contributed by atoms with Gasteiger partial charge in [0.15, 0.2) is 11.6 Å². The third-order valence-corrected chi connectivity index (χ3v) is 24.6. The average molecular weight is 1980 g/mol. The largest absolute Gasteiger partial charge is 0.463 e. The van der Waals surface area contributed by atoms with Gasteiger partial charge < -0.3 is 55.9 Å². The van der Waals surface area contributed by atoms with E-state index in [0.29, 0.717) is 56.2 Å². The van der Waals surface area contributed by atoms with Crippen LogP contribution in [0, 0.1) is 66.2 Å². The van der Waals surface area contributed by atoms with Crippen molar-refractivity contribution in [2.75, 3.05) is 26.4 Å². The van der Waals surface area contributed by atoms with Gasteiger partial charge in [0.05, 0.1) is 80.0 Å². The van der Waals surface area contributed by atoms with Crippen LogP contribution in [-0.2, 0) is 68.0 Å². The van der Waals surface area contributed by atoms with E-state index in [4.69, 9.17) is 38.7 Å². The maximum absolute atomic E-state index is 13.8. The number of hydrogen-bond acceptors (Lipinski definition) is 24. The zero-order valence-electron chi connectivity index (χ0n) is 72.1. The molecule has 0 bridgehead atoms. The first-order valence-electron chi connectivity index (χ1n) is 41.4. The molecule has 0 aliphatic carbocycles. The molecule has 10 unspecified atom stereocenters. The Morgan fingerprint density at radius 3 is 1.10 bits per heavy atom. The summed E-state index contributed by atoms with van der Waals surface area (Å²) in [6, 6.07) is 49.6. The van der Waals surface area contributed by atoms with E-state index in [-0.39, 0.29) is 183 Å². The second-order valence-electron chi connectivity index (χ2n) is 32.2. The van der Waals surface area contributed by atoms with Crippen LogP contribution in [0.3, 0.4) is 0 Å². The number of Topliss-reactive ketones (excluding diaryl/α,β-unsaturated/α-hetero) is 2. The molecule has 30 nitrogen and oxygen atoms in total. The molecule has 706 valence electrons. The van der Waals surface area contributed by atoms with Gasteiger partial charge in [-0.3, -0.25) is 24.0 Å². The third-order valence-electron chi connectivity index (χ3n) is 23.6. The van der Waals surface area contributed by atoms with Gasteiger partial charge in [0, 0.05) is 128 Å². The number of rotatable bonds is 22. The molecule has 12 aromatic rings. The van der Waals surface area contributed by atoms with E-state index in [0.717, 1.165) is 21.5 Å². The Morgan fingerprint density at radius 1 is 0.417 bits per heavy atom. The van der Waals surface area contributed by atoms with Crippen molar-refractivity contribution in [2.24, 2.45) is 40.6 Å². The van der Waals surface area contributed by atoms with Gasteiger partial charge in [-0.25, -0.2) is 36.3 Å². The molecule has 3 N–H and O–H groups in total. The van der Waals surface area contributed by atoms with Gasteiger partial charge in [-0.15, -0.1) is 20.4 Å². The molecule has 0 spiro atoms. The van der Waals surface area contributed by atoms with Crippen molar-refractivity contribution in [3.05, 3.63) is 259 Å². The Bertz CT molecular complexity index is 5910. The Labute approximate surface area is 785 Å². The van der Waals surface area contributed by atoms with E-state index in [1.165, 1.54) is 86.2 Å². The zero-order chi connectivity index (χ0) is 90.4. The van der Waals surface area contributed by atoms with E-state index in [9.17, 15) is 56.9 Å². The van der Waals surface area contributed by atoms with Crippen LogP contribution in [0.2, 0.25) is 0 Å². The number of nitrogens with zero attached hydrogens (tertiary/aromatic N) is 15. The van der Waals surface area contributed by atoms with Crippen LogP contribution in [-0.4, -0.2) is 191 Å². The Hall–Kier alpha value is -11.5. The Kier molecular flexibility index (Phi) is 38.7. The predicted octanol–water partition coefficient (Wildman–Crippen LogP) is 17.6. The second kappa shape index (κ2) is 48.2. The summed E-state index contributed by atoms with van der Waals surface area (Å²) in [6.45, 7) is 15.8. The standard InChI is InChI=1S/C30H30FN3O4.C26H24FN3O5.C18H21BrFN3O3.C18H21FN6O3.3CH4.CH3.Pd/c1-18-28(15-27(36)24-12-11-21-7-4-5-8-22(21)13-24)38-29(17-37-20(3)35)19(2)30(18)34-16-26(32-33-34)23-9-6-10-25(31)14-23;27-19-7-3-6-17(11-19)20-13-30(29-28-20)24-25(33)22(35-23(14-31)26(24)34)12-21(32)18-9-8-15-4-1-2-5-16(15)10-18;1-10-16(9-25-12(3)24)26-18(19)11(2)17(10)23-8-15(21-22-23)13-5-4-6-14(20)7-13;1-10-16(9-27-12(3)26)28-18(22-23-20)11(2)17(10)25-8-15(21-24-25)13-5-4-6-14(19)7-13;;;;;/h4-14,16,18-19,28-30H,15,17H2,1-3H3;1-11,13,22-26,31,33-34H,12,14H2;4-8,10-11,16-18H,9H2,1-3H3;4-8,10-11,16-18H,9H2,1-3H3;3*1H4;1H3;/q;;;;;;;-1;/t18?,19-,28?,29?,30+;22?,23?,24-,25?,26+;10-,11?,16?,17-,18-;10-,11?,16?,17-,18+;;;;;/m0100...../s1. The van der Waals surface area contributed by atoms with Gasteiger partial charge in [0.2, 0.25) is 0 Å². The SMILES string of the molecule is C.C.C.CC(=O)OCC1OC(CC(=O)c2ccc3ccccc3c2)C(C)[C@@H](n2cc(-c3cccc(F)c3)nn2)[C@H]1C.CC(=O)OCC1O[C@@H](N=[N+]=[N-])C(C)[C@@H](n2cc(-c3cccc(F)c3)nn2)[C@H]1C.CC(=O)OCC1O[C@H](Br)C(C)[C@@H](n2cc(-c3cccc(F)c3)nn2)[C@H]1C.O=C(CC1OC(CO)[C@H](O)[C@H](n2cc(-c3cccc(F)c3)nn2)C1O)c1ccc2ccccc2c1.[CH3-].[Pd]. The zero-order valence-corrected chi connectivity index (χ0v) is 75.2. The van der Waals surface area contributed by atoms with Gasteiger partial charge in [0.25, 0.3) is 0 Å². The van der Waals surface area contributed by atoms with E-state index >= 15 is 0 Å². The number of aliphatic hydroxyl groups excluding tert-OH is 3. The molecule has 4 aliphatic heterocycles. The predicted molar refractivity (Wildman–Crippen MR) is 487 cm³/mol. The quantitative estimate of drug-likeness (QED) is 0.00542. The number of carbonyl (C=O) groups is 5. The van der Waals surface area contributed by atoms with Crippen LogP contribution in [0.15, 0.2) is 212 Å². The number of benzene rings is 8. The Balaban J connectivity index is 0.000000216. The summed E-state index contributed by atoms with van der Waals surface area (Å²) in [5.74, 6) is -3.24. The first-order valence-corrected chi connectivity index (χ1v) is 42.4. The van der Waals surface area contributed by atoms with E-state index < -0.39 is 79.4 Å². The maximum Gasteiger partial charge on any atom is 0.302 e. The van der Waals surface area contributed by atoms with Crippen molar-refractivity contribution < 1.29 is 110 Å². The van der Waals surface area contributed by atoms with Crippen LogP contribution in [0.1, 0.15) is 142 Å². The molecule has 0 radical (unpaired) electrons. The number of halogens is 5. The minimum atomic E-state index is -1.32. The number of carbonyl (C=O) groups excluding carboxylic acids is 5. The first-order chi connectivity index (χ1) is 61.0. The number of azide groups is 1. The fourth-order valence-corrected chi connectivity index (χ4v) is 17.4. The smallest absolute Gasteiger partial charge is 0.302 e. The van der Waals surface area contributed by atoms with Gasteiger partial charge >= 0.3 is 17.9 Å². The van der Waals surface area contributed by atoms with Crippen molar-refractivity contribution in [2.45, 2.75) is 182 Å². The number of ketones is 2. The summed E-state index contributed by atoms with van der Waals surface area (Å²) in [5, 5.41) is 72.7. The molecular formula is C96H111BrF4N15O15Pd-. The van der Waals surface area contributed by atoms with Crippen LogP contribution in [0.5, 0.6) is 0 Å². The van der Waals surface area contributed by atoms with Crippen molar-refractivity contribution in [1.29, 1.82) is 0 Å². The van der Waals surface area contributed by atoms with E-state index in [1.807, 2.05) is 114 Å². The molecule has 4 fully saturated rings. The number of fused-ring (bicyclic) bond motifs is 2. The molecule has 132 heavy (non-hydrogen) atoms.